The van der Waals surface area contributed by atoms with Gasteiger partial charge >= 0.3 is 12.0 Å². The highest BCUT2D eigenvalue weighted by Gasteiger charge is 2.34. The molecule has 9 heteroatoms. The van der Waals surface area contributed by atoms with Crippen molar-refractivity contribution in [2.45, 2.75) is 12.5 Å². The van der Waals surface area contributed by atoms with Crippen LogP contribution in [-0.4, -0.2) is 52.6 Å². The van der Waals surface area contributed by atoms with Crippen molar-refractivity contribution in [1.29, 1.82) is 0 Å². The number of aromatic amines is 1. The monoisotopic (exact) mass is 407 g/mol. The predicted molar refractivity (Wildman–Crippen MR) is 108 cm³/mol. The van der Waals surface area contributed by atoms with Gasteiger partial charge in [-0.15, -0.1) is 0 Å². The van der Waals surface area contributed by atoms with Crippen LogP contribution in [0.5, 0.6) is 5.75 Å². The van der Waals surface area contributed by atoms with E-state index in [0.717, 1.165) is 17.0 Å². The van der Waals surface area contributed by atoms with Crippen molar-refractivity contribution < 1.29 is 19.1 Å². The number of pyridine rings is 1. The third-order valence-electron chi connectivity index (χ3n) is 5.07. The van der Waals surface area contributed by atoms with Crippen molar-refractivity contribution in [1.82, 2.24) is 19.9 Å². The van der Waals surface area contributed by atoms with Gasteiger partial charge in [-0.3, -0.25) is 4.98 Å². The van der Waals surface area contributed by atoms with Gasteiger partial charge in [-0.25, -0.2) is 14.6 Å². The molecule has 3 heterocycles. The van der Waals surface area contributed by atoms with E-state index in [-0.39, 0.29) is 12.1 Å². The number of ether oxygens (including phenoxy) is 2. The zero-order valence-electron chi connectivity index (χ0n) is 16.6. The summed E-state index contributed by atoms with van der Waals surface area (Å²) < 4.78 is 10.1. The van der Waals surface area contributed by atoms with E-state index in [9.17, 15) is 9.59 Å². The number of hydrogen-bond acceptors (Lipinski definition) is 6. The summed E-state index contributed by atoms with van der Waals surface area (Å²) in [7, 11) is 2.80. The van der Waals surface area contributed by atoms with Gasteiger partial charge in [0.1, 0.15) is 11.8 Å². The van der Waals surface area contributed by atoms with Crippen molar-refractivity contribution in [3.63, 3.8) is 0 Å². The Morgan fingerprint density at radius 3 is 2.73 bits per heavy atom. The average molecular weight is 407 g/mol. The number of carbonyl (C=O) groups is 2. The summed E-state index contributed by atoms with van der Waals surface area (Å²) in [6, 6.07) is 7.78. The number of benzene rings is 1. The van der Waals surface area contributed by atoms with Gasteiger partial charge in [-0.1, -0.05) is 0 Å². The molecule has 0 aliphatic carbocycles. The Kier molecular flexibility index (Phi) is 5.34. The van der Waals surface area contributed by atoms with Gasteiger partial charge in [0.2, 0.25) is 0 Å². The van der Waals surface area contributed by atoms with Crippen LogP contribution in [0.3, 0.4) is 0 Å². The first-order chi connectivity index (χ1) is 14.6. The van der Waals surface area contributed by atoms with E-state index in [1.54, 1.807) is 35.8 Å². The standard InChI is InChI=1S/C21H21N5O4/c1-29-17-4-3-14(20(27)30-2)11-16(17)25-21(28)26-10-7-15-18(24-12-23-15)19(26)13-5-8-22-9-6-13/h3-6,8-9,11-12,19H,7,10H2,1-2H3,(H,23,24)(H,25,28)/t19-/m0/s1. The summed E-state index contributed by atoms with van der Waals surface area (Å²) in [6.45, 7) is 0.493. The number of carbonyl (C=O) groups excluding carboxylic acids is 2. The van der Waals surface area contributed by atoms with E-state index in [1.807, 2.05) is 12.1 Å². The zero-order valence-corrected chi connectivity index (χ0v) is 16.6. The molecule has 1 aliphatic rings. The molecule has 0 saturated heterocycles. The number of methoxy groups -OCH3 is 2. The summed E-state index contributed by atoms with van der Waals surface area (Å²) in [5.74, 6) is -0.0594. The molecular formula is C21H21N5O4. The van der Waals surface area contributed by atoms with Crippen molar-refractivity contribution in [2.24, 2.45) is 0 Å². The van der Waals surface area contributed by atoms with E-state index in [0.29, 0.717) is 30.0 Å². The highest BCUT2D eigenvalue weighted by molar-refractivity contribution is 5.95. The molecule has 2 N–H and O–H groups in total. The van der Waals surface area contributed by atoms with E-state index in [2.05, 4.69) is 20.3 Å². The maximum atomic E-state index is 13.3. The van der Waals surface area contributed by atoms with Crippen molar-refractivity contribution in [3.8, 4) is 5.75 Å². The Hall–Kier alpha value is -3.88. The fourth-order valence-electron chi connectivity index (χ4n) is 3.62. The lowest BCUT2D eigenvalue weighted by molar-refractivity contribution is 0.0600. The van der Waals surface area contributed by atoms with Crippen LogP contribution in [0.4, 0.5) is 10.5 Å². The summed E-state index contributed by atoms with van der Waals surface area (Å²) in [6.07, 6.45) is 5.68. The number of hydrogen-bond donors (Lipinski definition) is 2. The molecule has 9 nitrogen and oxygen atoms in total. The number of esters is 1. The third-order valence-corrected chi connectivity index (χ3v) is 5.07. The molecule has 1 aromatic carbocycles. The zero-order chi connectivity index (χ0) is 21.1. The molecule has 4 rings (SSSR count). The van der Waals surface area contributed by atoms with Crippen LogP contribution in [0.25, 0.3) is 0 Å². The summed E-state index contributed by atoms with van der Waals surface area (Å²) in [5.41, 5.74) is 3.41. The minimum Gasteiger partial charge on any atom is -0.495 e. The molecule has 0 bridgehead atoms. The SMILES string of the molecule is COC(=O)c1ccc(OC)c(NC(=O)N2CCc3[nH]cnc3[C@@H]2c2ccncc2)c1. The molecule has 0 saturated carbocycles. The number of nitrogens with one attached hydrogen (secondary N) is 2. The quantitative estimate of drug-likeness (QED) is 0.644. The smallest absolute Gasteiger partial charge is 0.337 e. The van der Waals surface area contributed by atoms with Crippen LogP contribution in [0.15, 0.2) is 49.1 Å². The highest BCUT2D eigenvalue weighted by atomic mass is 16.5. The van der Waals surface area contributed by atoms with Crippen molar-refractivity contribution in [3.05, 3.63) is 71.6 Å². The number of anilines is 1. The van der Waals surface area contributed by atoms with E-state index >= 15 is 0 Å². The van der Waals surface area contributed by atoms with E-state index in [4.69, 9.17) is 9.47 Å². The van der Waals surface area contributed by atoms with Crippen LogP contribution >= 0.6 is 0 Å². The Morgan fingerprint density at radius 2 is 2.00 bits per heavy atom. The minimum absolute atomic E-state index is 0.313. The van der Waals surface area contributed by atoms with Gasteiger partial charge in [0.05, 0.1) is 37.5 Å². The Morgan fingerprint density at radius 1 is 1.20 bits per heavy atom. The van der Waals surface area contributed by atoms with Crippen LogP contribution in [-0.2, 0) is 11.2 Å². The van der Waals surface area contributed by atoms with Crippen LogP contribution in [0.2, 0.25) is 0 Å². The largest absolute Gasteiger partial charge is 0.495 e. The number of aromatic nitrogens is 3. The first-order valence-corrected chi connectivity index (χ1v) is 9.38. The first kappa shape index (κ1) is 19.4. The van der Waals surface area contributed by atoms with E-state index in [1.165, 1.54) is 20.3 Å². The first-order valence-electron chi connectivity index (χ1n) is 9.38. The van der Waals surface area contributed by atoms with Gasteiger partial charge in [-0.05, 0) is 35.9 Å². The summed E-state index contributed by atoms with van der Waals surface area (Å²) in [5, 5.41) is 2.87. The fourth-order valence-corrected chi connectivity index (χ4v) is 3.62. The second-order valence-corrected chi connectivity index (χ2v) is 6.73. The minimum atomic E-state index is -0.498. The molecule has 0 fully saturated rings. The number of nitrogens with zero attached hydrogens (tertiary/aromatic N) is 3. The Labute approximate surface area is 173 Å². The topological polar surface area (TPSA) is 109 Å². The lowest BCUT2D eigenvalue weighted by Crippen LogP contribution is -2.43. The molecule has 154 valence electrons. The van der Waals surface area contributed by atoms with Gasteiger partial charge in [0, 0.05) is 31.1 Å². The van der Waals surface area contributed by atoms with Gasteiger partial charge < -0.3 is 24.7 Å². The number of urea groups is 1. The molecule has 0 radical (unpaired) electrons. The number of imidazole rings is 1. The fraction of sp³-hybridized carbons (Fsp3) is 0.238. The molecule has 2 amide bonds. The number of rotatable bonds is 4. The molecular weight excluding hydrogens is 386 g/mol. The maximum Gasteiger partial charge on any atom is 0.337 e. The molecule has 1 atom stereocenters. The molecule has 3 aromatic rings. The second kappa shape index (κ2) is 8.24. The van der Waals surface area contributed by atoms with E-state index < -0.39 is 5.97 Å². The summed E-state index contributed by atoms with van der Waals surface area (Å²) in [4.78, 5) is 38.6. The third kappa shape index (κ3) is 3.57. The number of fused-ring (bicyclic) bond motifs is 1. The van der Waals surface area contributed by atoms with Gasteiger partial charge in [0.25, 0.3) is 0 Å². The Bertz CT molecular complexity index is 1070. The van der Waals surface area contributed by atoms with Crippen LogP contribution < -0.4 is 10.1 Å². The normalized spacial score (nSPS) is 15.3. The molecule has 1 aliphatic heterocycles. The Balaban J connectivity index is 1.67. The lowest BCUT2D eigenvalue weighted by Gasteiger charge is -2.35. The van der Waals surface area contributed by atoms with Crippen molar-refractivity contribution >= 4 is 17.7 Å². The predicted octanol–water partition coefficient (Wildman–Crippen LogP) is 2.78. The maximum absolute atomic E-state index is 13.3. The average Bonchev–Trinajstić information content (AvgIpc) is 3.27. The molecule has 0 unspecified atom stereocenters. The lowest BCUT2D eigenvalue weighted by atomic mass is 9.97. The van der Waals surface area contributed by atoms with Crippen LogP contribution in [0, 0.1) is 0 Å². The molecule has 30 heavy (non-hydrogen) atoms. The van der Waals surface area contributed by atoms with Gasteiger partial charge in [-0.2, -0.15) is 0 Å². The number of amides is 2. The number of H-pyrrole nitrogens is 1. The second-order valence-electron chi connectivity index (χ2n) is 6.73. The summed E-state index contributed by atoms with van der Waals surface area (Å²) >= 11 is 0. The van der Waals surface area contributed by atoms with Crippen molar-refractivity contribution in [2.75, 3.05) is 26.1 Å². The highest BCUT2D eigenvalue weighted by Crippen LogP contribution is 2.34. The van der Waals surface area contributed by atoms with Gasteiger partial charge in [0.15, 0.2) is 0 Å². The molecule has 2 aromatic heterocycles. The van der Waals surface area contributed by atoms with Crippen LogP contribution in [0.1, 0.15) is 33.4 Å². The molecule has 0 spiro atoms.